The number of nitrogens with two attached hydrogens (primary N) is 1. The van der Waals surface area contributed by atoms with E-state index in [0.29, 0.717) is 29.2 Å². The minimum absolute atomic E-state index is 0.136. The molecule has 0 aliphatic carbocycles. The van der Waals surface area contributed by atoms with Crippen LogP contribution in [0.25, 0.3) is 0 Å². The van der Waals surface area contributed by atoms with E-state index in [1.54, 1.807) is 10.8 Å². The van der Waals surface area contributed by atoms with E-state index in [9.17, 15) is 18.8 Å². The smallest absolute Gasteiger partial charge is 0.257 e. The van der Waals surface area contributed by atoms with Crippen molar-refractivity contribution in [1.29, 1.82) is 5.26 Å². The topological polar surface area (TPSA) is 106 Å². The van der Waals surface area contributed by atoms with E-state index < -0.39 is 17.7 Å². The lowest BCUT2D eigenvalue weighted by Gasteiger charge is -2.18. The van der Waals surface area contributed by atoms with E-state index in [1.165, 1.54) is 24.0 Å². The van der Waals surface area contributed by atoms with Gasteiger partial charge in [0, 0.05) is 12.6 Å². The number of ether oxygens (including phenoxy) is 1. The maximum atomic E-state index is 13.5. The number of fused-ring (bicyclic) bond motifs is 3. The molecular formula is C20H19F2N5O2S. The highest BCUT2D eigenvalue weighted by molar-refractivity contribution is 8.04. The molecule has 10 heteroatoms. The van der Waals surface area contributed by atoms with Gasteiger partial charge in [0.1, 0.15) is 11.5 Å². The van der Waals surface area contributed by atoms with Gasteiger partial charge in [0.25, 0.3) is 5.91 Å². The summed E-state index contributed by atoms with van der Waals surface area (Å²) in [7, 11) is 0. The Balaban J connectivity index is 1.49. The molecule has 0 saturated heterocycles. The lowest BCUT2D eigenvalue weighted by Crippen LogP contribution is -2.42. The number of aromatic nitrogens is 2. The number of thioether (sulfide) groups is 1. The fourth-order valence-corrected chi connectivity index (χ4v) is 4.78. The molecule has 2 aromatic rings. The molecule has 4 rings (SSSR count). The van der Waals surface area contributed by atoms with Crippen LogP contribution >= 0.6 is 11.8 Å². The number of halogens is 2. The summed E-state index contributed by atoms with van der Waals surface area (Å²) < 4.78 is 34.2. The Kier molecular flexibility index (Phi) is 5.85. The number of nitriles is 1. The Labute approximate surface area is 175 Å². The number of hydrogen-bond acceptors (Lipinski definition) is 6. The van der Waals surface area contributed by atoms with E-state index in [-0.39, 0.29) is 30.2 Å². The SMILES string of the molecule is N#Cc1cnn2c1C1C=C(C(=O)N[C@H](CN)Cc3ccc(F)c(F)c3)SC1OCC2. The van der Waals surface area contributed by atoms with E-state index in [4.69, 9.17) is 10.5 Å². The van der Waals surface area contributed by atoms with Gasteiger partial charge in [-0.1, -0.05) is 23.9 Å². The molecule has 2 aliphatic rings. The third kappa shape index (κ3) is 3.96. The zero-order valence-electron chi connectivity index (χ0n) is 15.8. The van der Waals surface area contributed by atoms with Gasteiger partial charge in [-0.2, -0.15) is 10.4 Å². The number of nitrogens with zero attached hydrogens (tertiary/aromatic N) is 3. The van der Waals surface area contributed by atoms with Crippen molar-refractivity contribution >= 4 is 17.7 Å². The summed E-state index contributed by atoms with van der Waals surface area (Å²) >= 11 is 1.29. The van der Waals surface area contributed by atoms with Crippen molar-refractivity contribution in [3.63, 3.8) is 0 Å². The lowest BCUT2D eigenvalue weighted by atomic mass is 10.0. The molecule has 0 saturated carbocycles. The maximum Gasteiger partial charge on any atom is 0.257 e. The monoisotopic (exact) mass is 431 g/mol. The molecule has 2 unspecified atom stereocenters. The van der Waals surface area contributed by atoms with E-state index >= 15 is 0 Å². The molecule has 0 fully saturated rings. The van der Waals surface area contributed by atoms with E-state index in [1.807, 2.05) is 0 Å². The van der Waals surface area contributed by atoms with E-state index in [0.717, 1.165) is 17.8 Å². The van der Waals surface area contributed by atoms with Crippen molar-refractivity contribution in [2.75, 3.05) is 13.2 Å². The van der Waals surface area contributed by atoms with Crippen molar-refractivity contribution in [1.82, 2.24) is 15.1 Å². The first-order chi connectivity index (χ1) is 14.5. The predicted octanol–water partition coefficient (Wildman–Crippen LogP) is 1.79. The lowest BCUT2D eigenvalue weighted by molar-refractivity contribution is -0.117. The zero-order chi connectivity index (χ0) is 21.3. The van der Waals surface area contributed by atoms with Crippen molar-refractivity contribution in [3.05, 3.63) is 63.8 Å². The minimum Gasteiger partial charge on any atom is -0.364 e. The molecule has 0 spiro atoms. The van der Waals surface area contributed by atoms with Crippen molar-refractivity contribution in [2.45, 2.75) is 30.4 Å². The van der Waals surface area contributed by atoms with Gasteiger partial charge >= 0.3 is 0 Å². The van der Waals surface area contributed by atoms with Gasteiger partial charge in [-0.3, -0.25) is 9.48 Å². The summed E-state index contributed by atoms with van der Waals surface area (Å²) in [6.07, 6.45) is 3.59. The molecule has 0 radical (unpaired) electrons. The molecule has 1 aromatic heterocycles. The third-order valence-electron chi connectivity index (χ3n) is 5.08. The summed E-state index contributed by atoms with van der Waals surface area (Å²) in [5, 5.41) is 16.5. The first kappa shape index (κ1) is 20.5. The fraction of sp³-hybridized carbons (Fsp3) is 0.350. The van der Waals surface area contributed by atoms with Crippen LogP contribution in [0.2, 0.25) is 0 Å². The second-order valence-electron chi connectivity index (χ2n) is 7.05. The van der Waals surface area contributed by atoms with Crippen LogP contribution in [0.4, 0.5) is 8.78 Å². The molecule has 1 amide bonds. The first-order valence-electron chi connectivity index (χ1n) is 9.41. The highest BCUT2D eigenvalue weighted by Gasteiger charge is 2.38. The summed E-state index contributed by atoms with van der Waals surface area (Å²) in [5.41, 5.74) is 7.20. The molecule has 1 aromatic carbocycles. The predicted molar refractivity (Wildman–Crippen MR) is 106 cm³/mol. The standard InChI is InChI=1S/C20H19F2N5O2S/c21-15-2-1-11(6-16(15)22)5-13(9-24)26-19(28)17-7-14-18-12(8-23)10-25-27(18)3-4-29-20(14)30-17/h1-2,6-7,10,13-14,20H,3-5,9,24H2,(H,26,28)/t13-,14?,20?/m0/s1. The average molecular weight is 431 g/mol. The zero-order valence-corrected chi connectivity index (χ0v) is 16.7. The second-order valence-corrected chi connectivity index (χ2v) is 8.19. The fourth-order valence-electron chi connectivity index (χ4n) is 3.62. The van der Waals surface area contributed by atoms with Crippen molar-refractivity contribution in [2.24, 2.45) is 5.73 Å². The third-order valence-corrected chi connectivity index (χ3v) is 6.32. The quantitative estimate of drug-likeness (QED) is 0.748. The van der Waals surface area contributed by atoms with Gasteiger partial charge in [-0.15, -0.1) is 0 Å². The number of carbonyl (C=O) groups excluding carboxylic acids is 1. The molecule has 7 nitrogen and oxygen atoms in total. The van der Waals surface area contributed by atoms with Crippen LogP contribution in [0.15, 0.2) is 35.4 Å². The van der Waals surface area contributed by atoms with Crippen molar-refractivity contribution < 1.29 is 18.3 Å². The van der Waals surface area contributed by atoms with Crippen LogP contribution in [0.5, 0.6) is 0 Å². The van der Waals surface area contributed by atoms with Crippen LogP contribution in [0.3, 0.4) is 0 Å². The Morgan fingerprint density at radius 3 is 3.03 bits per heavy atom. The maximum absolute atomic E-state index is 13.5. The van der Waals surface area contributed by atoms with Crippen molar-refractivity contribution in [3.8, 4) is 6.07 Å². The number of rotatable bonds is 5. The molecule has 3 atom stereocenters. The van der Waals surface area contributed by atoms with Gasteiger partial charge in [0.05, 0.1) is 41.4 Å². The molecular weight excluding hydrogens is 412 g/mol. The summed E-state index contributed by atoms with van der Waals surface area (Å²) in [5.74, 6) is -2.45. The van der Waals surface area contributed by atoms with Gasteiger partial charge in [-0.25, -0.2) is 8.78 Å². The van der Waals surface area contributed by atoms with Crippen LogP contribution < -0.4 is 11.1 Å². The Bertz CT molecular complexity index is 1050. The van der Waals surface area contributed by atoms with Crippen LogP contribution in [0.1, 0.15) is 22.7 Å². The van der Waals surface area contributed by atoms with Gasteiger partial charge in [0.2, 0.25) is 0 Å². The molecule has 156 valence electrons. The number of benzene rings is 1. The largest absolute Gasteiger partial charge is 0.364 e. The Hall–Kier alpha value is -2.74. The summed E-state index contributed by atoms with van der Waals surface area (Å²) in [6.45, 7) is 1.11. The van der Waals surface area contributed by atoms with Crippen LogP contribution in [-0.2, 0) is 22.5 Å². The summed E-state index contributed by atoms with van der Waals surface area (Å²) in [4.78, 5) is 13.3. The Morgan fingerprint density at radius 1 is 1.47 bits per heavy atom. The molecule has 0 bridgehead atoms. The highest BCUT2D eigenvalue weighted by Crippen LogP contribution is 2.44. The number of hydrogen-bond donors (Lipinski definition) is 2. The number of nitrogens with one attached hydrogen (secondary N) is 1. The average Bonchev–Trinajstić information content (AvgIpc) is 3.30. The number of amides is 1. The van der Waals surface area contributed by atoms with E-state index in [2.05, 4.69) is 16.5 Å². The van der Waals surface area contributed by atoms with Gasteiger partial charge in [0.15, 0.2) is 11.6 Å². The normalized spacial score (nSPS) is 21.1. The van der Waals surface area contributed by atoms with Crippen LogP contribution in [-0.4, -0.2) is 40.3 Å². The highest BCUT2D eigenvalue weighted by atomic mass is 32.2. The minimum atomic E-state index is -0.939. The molecule has 3 heterocycles. The Morgan fingerprint density at radius 2 is 2.30 bits per heavy atom. The van der Waals surface area contributed by atoms with Gasteiger partial charge < -0.3 is 15.8 Å². The second kappa shape index (κ2) is 8.55. The van der Waals surface area contributed by atoms with Gasteiger partial charge in [-0.05, 0) is 24.1 Å². The first-order valence-corrected chi connectivity index (χ1v) is 10.3. The van der Waals surface area contributed by atoms with Crippen LogP contribution in [0, 0.1) is 23.0 Å². The molecule has 30 heavy (non-hydrogen) atoms. The molecule has 3 N–H and O–H groups in total. The number of carbonyl (C=O) groups is 1. The molecule has 2 aliphatic heterocycles. The summed E-state index contributed by atoms with van der Waals surface area (Å²) in [6, 6.07) is 5.32.